The summed E-state index contributed by atoms with van der Waals surface area (Å²) in [4.78, 5) is 0. The van der Waals surface area contributed by atoms with E-state index in [1.807, 2.05) is 0 Å². The van der Waals surface area contributed by atoms with E-state index in [2.05, 4.69) is 44.6 Å². The molecule has 0 aliphatic carbocycles. The van der Waals surface area contributed by atoms with Gasteiger partial charge in [0.25, 0.3) is 0 Å². The van der Waals surface area contributed by atoms with Crippen LogP contribution in [0.25, 0.3) is 0 Å². The molecule has 0 aliphatic rings. The third-order valence-electron chi connectivity index (χ3n) is 1.72. The minimum atomic E-state index is -1.14. The van der Waals surface area contributed by atoms with Gasteiger partial charge in [-0.25, -0.2) is 0 Å². The molecule has 0 bridgehead atoms. The van der Waals surface area contributed by atoms with Crippen LogP contribution in [-0.4, -0.2) is 19.3 Å². The monoisotopic (exact) mass is 171 g/mol. The summed E-state index contributed by atoms with van der Waals surface area (Å²) in [7, 11) is -1.14. The second-order valence-electron chi connectivity index (χ2n) is 4.06. The normalized spacial score (nSPS) is 11.4. The highest BCUT2D eigenvalue weighted by molar-refractivity contribution is 6.73. The molecule has 0 aliphatic heterocycles. The molecule has 0 spiro atoms. The summed E-state index contributed by atoms with van der Waals surface area (Å²) in [6.45, 7) is 16.6. The molecule has 0 unspecified atom stereocenters. The van der Waals surface area contributed by atoms with Gasteiger partial charge in [0.05, 0.1) is 0 Å². The van der Waals surface area contributed by atoms with Gasteiger partial charge in [-0.05, 0) is 19.0 Å². The van der Waals surface area contributed by atoms with Crippen LogP contribution in [-0.2, 0) is 0 Å². The zero-order valence-electron chi connectivity index (χ0n) is 8.57. The van der Waals surface area contributed by atoms with Crippen molar-refractivity contribution in [3.05, 3.63) is 12.3 Å². The fourth-order valence-electron chi connectivity index (χ4n) is 1.32. The molecule has 0 N–H and O–H groups in total. The van der Waals surface area contributed by atoms with Crippen LogP contribution in [0.1, 0.15) is 20.3 Å². The maximum atomic E-state index is 4.00. The fourth-order valence-corrected chi connectivity index (χ4v) is 3.36. The molecule has 1 nitrogen and oxygen atoms in total. The Morgan fingerprint density at radius 3 is 1.91 bits per heavy atom. The molecule has 0 rings (SSSR count). The van der Waals surface area contributed by atoms with Crippen molar-refractivity contribution in [2.45, 2.75) is 39.9 Å². The van der Waals surface area contributed by atoms with Crippen LogP contribution >= 0.6 is 0 Å². The van der Waals surface area contributed by atoms with Crippen LogP contribution in [0, 0.1) is 0 Å². The van der Waals surface area contributed by atoms with Gasteiger partial charge < -0.3 is 4.57 Å². The molecule has 0 aromatic heterocycles. The van der Waals surface area contributed by atoms with Gasteiger partial charge in [-0.15, -0.1) is 0 Å². The average molecular weight is 171 g/mol. The Morgan fingerprint density at radius 2 is 1.82 bits per heavy atom. The first-order valence-corrected chi connectivity index (χ1v) is 7.77. The van der Waals surface area contributed by atoms with E-state index in [9.17, 15) is 0 Å². The van der Waals surface area contributed by atoms with Crippen LogP contribution in [0.5, 0.6) is 0 Å². The predicted molar refractivity (Wildman–Crippen MR) is 55.2 cm³/mol. The number of hydrogen-bond donors (Lipinski definition) is 0. The first-order valence-electron chi connectivity index (χ1n) is 4.32. The number of allylic oxidation sites excluding steroid dienone is 1. The van der Waals surface area contributed by atoms with Crippen LogP contribution in [0.4, 0.5) is 0 Å². The van der Waals surface area contributed by atoms with E-state index in [1.54, 1.807) is 0 Å². The molecule has 0 aromatic rings. The molecular weight excluding hydrogens is 150 g/mol. The van der Waals surface area contributed by atoms with Gasteiger partial charge in [-0.2, -0.15) is 0 Å². The lowest BCUT2D eigenvalue weighted by molar-refractivity contribution is 0.514. The lowest BCUT2D eigenvalue weighted by Gasteiger charge is -2.36. The van der Waals surface area contributed by atoms with Gasteiger partial charge in [0.2, 0.25) is 0 Å². The Kier molecular flexibility index (Phi) is 3.87. The largest absolute Gasteiger partial charge is 0.402 e. The minimum absolute atomic E-state index is 1.14. The van der Waals surface area contributed by atoms with Crippen LogP contribution in [0.3, 0.4) is 0 Å². The van der Waals surface area contributed by atoms with E-state index in [0.717, 1.165) is 0 Å². The first kappa shape index (κ1) is 10.8. The molecule has 0 aromatic carbocycles. The van der Waals surface area contributed by atoms with Crippen LogP contribution < -0.4 is 0 Å². The Bertz CT molecular complexity index is 135. The van der Waals surface area contributed by atoms with Crippen molar-refractivity contribution in [3.63, 3.8) is 0 Å². The van der Waals surface area contributed by atoms with E-state index in [1.165, 1.54) is 18.7 Å². The second-order valence-corrected chi connectivity index (χ2v) is 8.94. The molecule has 0 saturated carbocycles. The number of hydrogen-bond acceptors (Lipinski definition) is 1. The Morgan fingerprint density at radius 1 is 1.36 bits per heavy atom. The summed E-state index contributed by atoms with van der Waals surface area (Å²) in [5.74, 6) is 0. The van der Waals surface area contributed by atoms with Crippen LogP contribution in [0.15, 0.2) is 12.3 Å². The molecule has 0 saturated heterocycles. The third-order valence-corrected chi connectivity index (χ3v) is 3.94. The maximum absolute atomic E-state index is 4.00. The van der Waals surface area contributed by atoms with Crippen molar-refractivity contribution in [1.29, 1.82) is 0 Å². The highest BCUT2D eigenvalue weighted by atomic mass is 28.3. The Labute approximate surface area is 72.2 Å². The molecule has 11 heavy (non-hydrogen) atoms. The minimum Gasteiger partial charge on any atom is -0.402 e. The van der Waals surface area contributed by atoms with Gasteiger partial charge in [0.15, 0.2) is 0 Å². The smallest absolute Gasteiger partial charge is 0.147 e. The zero-order valence-corrected chi connectivity index (χ0v) is 9.57. The van der Waals surface area contributed by atoms with Crippen molar-refractivity contribution in [2.75, 3.05) is 6.54 Å². The Balaban J connectivity index is 4.22. The molecule has 66 valence electrons. The van der Waals surface area contributed by atoms with Crippen LogP contribution in [0.2, 0.25) is 19.6 Å². The van der Waals surface area contributed by atoms with Gasteiger partial charge >= 0.3 is 0 Å². The van der Waals surface area contributed by atoms with Crippen molar-refractivity contribution in [2.24, 2.45) is 0 Å². The van der Waals surface area contributed by atoms with Gasteiger partial charge in [-0.1, -0.05) is 33.1 Å². The van der Waals surface area contributed by atoms with Gasteiger partial charge in [0, 0.05) is 6.54 Å². The van der Waals surface area contributed by atoms with Crippen molar-refractivity contribution >= 4 is 8.24 Å². The summed E-state index contributed by atoms with van der Waals surface area (Å²) in [6.07, 6.45) is 1.22. The summed E-state index contributed by atoms with van der Waals surface area (Å²) < 4.78 is 2.48. The summed E-state index contributed by atoms with van der Waals surface area (Å²) in [5, 5.41) is 0. The van der Waals surface area contributed by atoms with Gasteiger partial charge in [-0.3, -0.25) is 0 Å². The van der Waals surface area contributed by atoms with E-state index in [4.69, 9.17) is 0 Å². The van der Waals surface area contributed by atoms with E-state index in [-0.39, 0.29) is 0 Å². The summed E-state index contributed by atoms with van der Waals surface area (Å²) in [6, 6.07) is 0. The zero-order chi connectivity index (χ0) is 9.07. The average Bonchev–Trinajstić information content (AvgIpc) is 1.79. The third kappa shape index (κ3) is 3.61. The lowest BCUT2D eigenvalue weighted by atomic mass is 10.4. The molecule has 0 amide bonds. The van der Waals surface area contributed by atoms with E-state index >= 15 is 0 Å². The Hall–Kier alpha value is -0.243. The number of nitrogens with zero attached hydrogens (tertiary/aromatic N) is 1. The molecule has 2 heteroatoms. The fraction of sp³-hybridized carbons (Fsp3) is 0.778. The highest BCUT2D eigenvalue weighted by Crippen LogP contribution is 2.14. The summed E-state index contributed by atoms with van der Waals surface area (Å²) >= 11 is 0. The number of rotatable bonds is 4. The highest BCUT2D eigenvalue weighted by Gasteiger charge is 2.21. The quantitative estimate of drug-likeness (QED) is 0.588. The van der Waals surface area contributed by atoms with Crippen molar-refractivity contribution in [3.8, 4) is 0 Å². The molecule has 0 fully saturated rings. The standard InChI is InChI=1S/C9H21NSi/c1-7-8-10(9(2)3)11(4,5)6/h2,7-8H2,1,3-6H3. The molecular formula is C9H21NSi. The maximum Gasteiger partial charge on any atom is 0.147 e. The SMILES string of the molecule is C=C(C)N(CCC)[Si](C)(C)C. The molecule has 0 atom stereocenters. The second kappa shape index (κ2) is 3.95. The van der Waals surface area contributed by atoms with E-state index < -0.39 is 8.24 Å². The topological polar surface area (TPSA) is 3.24 Å². The van der Waals surface area contributed by atoms with Gasteiger partial charge in [0.1, 0.15) is 8.24 Å². The molecule has 0 radical (unpaired) electrons. The molecule has 0 heterocycles. The first-order chi connectivity index (χ1) is 4.89. The predicted octanol–water partition coefficient (Wildman–Crippen LogP) is 3.07. The van der Waals surface area contributed by atoms with E-state index in [0.29, 0.717) is 0 Å². The van der Waals surface area contributed by atoms with Crippen molar-refractivity contribution < 1.29 is 0 Å². The van der Waals surface area contributed by atoms with Crippen molar-refractivity contribution in [1.82, 2.24) is 4.57 Å². The lowest BCUT2D eigenvalue weighted by Crippen LogP contribution is -2.44. The summed E-state index contributed by atoms with van der Waals surface area (Å²) in [5.41, 5.74) is 1.23.